The summed E-state index contributed by atoms with van der Waals surface area (Å²) in [5, 5.41) is -1.01. The van der Waals surface area contributed by atoms with E-state index in [1.807, 2.05) is 0 Å². The highest BCUT2D eigenvalue weighted by atomic mass is 32.2. The third kappa shape index (κ3) is 3.78. The van der Waals surface area contributed by atoms with E-state index in [0.717, 1.165) is 17.3 Å². The van der Waals surface area contributed by atoms with Gasteiger partial charge < -0.3 is 9.47 Å². The van der Waals surface area contributed by atoms with Crippen LogP contribution in [-0.2, 0) is 9.53 Å². The van der Waals surface area contributed by atoms with Gasteiger partial charge in [-0.25, -0.2) is 4.79 Å². The maximum Gasteiger partial charge on any atom is 0.368 e. The van der Waals surface area contributed by atoms with Gasteiger partial charge in [0.1, 0.15) is 11.5 Å². The van der Waals surface area contributed by atoms with Crippen molar-refractivity contribution in [1.82, 2.24) is 0 Å². The van der Waals surface area contributed by atoms with Gasteiger partial charge in [-0.15, -0.1) is 0 Å². The zero-order valence-electron chi connectivity index (χ0n) is 9.93. The summed E-state index contributed by atoms with van der Waals surface area (Å²) in [4.78, 5) is 22.7. The van der Waals surface area contributed by atoms with Gasteiger partial charge in [0.25, 0.3) is 0 Å². The molecule has 17 heavy (non-hydrogen) atoms. The fourth-order valence-corrected chi connectivity index (χ4v) is 2.06. The summed E-state index contributed by atoms with van der Waals surface area (Å²) in [7, 11) is 2.86. The highest BCUT2D eigenvalue weighted by Crippen LogP contribution is 2.31. The minimum absolute atomic E-state index is 0.0921. The lowest BCUT2D eigenvalue weighted by Crippen LogP contribution is -2.08. The summed E-state index contributed by atoms with van der Waals surface area (Å²) in [5.74, 6) is 0.615. The van der Waals surface area contributed by atoms with E-state index in [1.165, 1.54) is 14.0 Å². The van der Waals surface area contributed by atoms with Crippen LogP contribution in [0.3, 0.4) is 0 Å². The SMILES string of the molecule is COC(=O)SC(C(C)=O)c1ccc(OC)cc1. The summed E-state index contributed by atoms with van der Waals surface area (Å²) < 4.78 is 9.57. The fourth-order valence-electron chi connectivity index (χ4n) is 1.31. The van der Waals surface area contributed by atoms with Crippen LogP contribution in [0.5, 0.6) is 5.75 Å². The Kier molecular flexibility index (Phi) is 5.03. The van der Waals surface area contributed by atoms with Crippen LogP contribution >= 0.6 is 11.8 Å². The second kappa shape index (κ2) is 6.30. The minimum Gasteiger partial charge on any atom is -0.497 e. The largest absolute Gasteiger partial charge is 0.497 e. The quantitative estimate of drug-likeness (QED) is 0.773. The molecule has 0 spiro atoms. The number of carbonyl (C=O) groups is 2. The van der Waals surface area contributed by atoms with Crippen LogP contribution in [0.25, 0.3) is 0 Å². The first-order chi connectivity index (χ1) is 8.08. The minimum atomic E-state index is -0.534. The number of ketones is 1. The molecule has 0 aromatic heterocycles. The molecule has 1 rings (SSSR count). The summed E-state index contributed by atoms with van der Waals surface area (Å²) in [5.41, 5.74) is 0.758. The van der Waals surface area contributed by atoms with E-state index in [1.54, 1.807) is 31.4 Å². The summed E-state index contributed by atoms with van der Waals surface area (Å²) >= 11 is 0.868. The molecule has 0 fully saturated rings. The maximum absolute atomic E-state index is 11.5. The normalized spacial score (nSPS) is 11.7. The van der Waals surface area contributed by atoms with Crippen molar-refractivity contribution in [3.63, 3.8) is 0 Å². The molecule has 92 valence electrons. The monoisotopic (exact) mass is 254 g/mol. The van der Waals surface area contributed by atoms with E-state index < -0.39 is 10.6 Å². The van der Waals surface area contributed by atoms with Gasteiger partial charge in [-0.3, -0.25) is 4.79 Å². The zero-order valence-corrected chi connectivity index (χ0v) is 10.7. The molecular formula is C12H14O4S. The van der Waals surface area contributed by atoms with E-state index >= 15 is 0 Å². The lowest BCUT2D eigenvalue weighted by molar-refractivity contribution is -0.116. The molecule has 1 aromatic carbocycles. The average Bonchev–Trinajstić information content (AvgIpc) is 2.35. The molecule has 1 aromatic rings. The van der Waals surface area contributed by atoms with Crippen molar-refractivity contribution >= 4 is 22.8 Å². The van der Waals surface area contributed by atoms with Crippen molar-refractivity contribution < 1.29 is 19.1 Å². The molecule has 0 radical (unpaired) electrons. The number of Topliss-reactive ketones (excluding diaryl/α,β-unsaturated/α-hetero) is 1. The molecule has 0 aliphatic carbocycles. The Morgan fingerprint density at radius 2 is 1.76 bits per heavy atom. The predicted octanol–water partition coefficient (Wildman–Crippen LogP) is 2.82. The highest BCUT2D eigenvalue weighted by Gasteiger charge is 2.21. The van der Waals surface area contributed by atoms with Gasteiger partial charge in [0.2, 0.25) is 0 Å². The smallest absolute Gasteiger partial charge is 0.368 e. The average molecular weight is 254 g/mol. The number of benzene rings is 1. The highest BCUT2D eigenvalue weighted by molar-refractivity contribution is 8.14. The molecule has 0 saturated carbocycles. The van der Waals surface area contributed by atoms with E-state index in [0.29, 0.717) is 5.75 Å². The number of ether oxygens (including phenoxy) is 2. The van der Waals surface area contributed by atoms with Crippen molar-refractivity contribution in [3.8, 4) is 5.75 Å². The number of methoxy groups -OCH3 is 2. The van der Waals surface area contributed by atoms with Crippen molar-refractivity contribution in [2.24, 2.45) is 0 Å². The Hall–Kier alpha value is -1.49. The Bertz CT molecular complexity index is 399. The van der Waals surface area contributed by atoms with Crippen LogP contribution < -0.4 is 4.74 Å². The van der Waals surface area contributed by atoms with Crippen molar-refractivity contribution in [2.45, 2.75) is 12.2 Å². The Balaban J connectivity index is 2.89. The van der Waals surface area contributed by atoms with Crippen LogP contribution in [0.4, 0.5) is 4.79 Å². The van der Waals surface area contributed by atoms with Crippen LogP contribution in [-0.4, -0.2) is 25.3 Å². The first kappa shape index (κ1) is 13.6. The molecule has 0 saturated heterocycles. The topological polar surface area (TPSA) is 52.6 Å². The molecule has 0 heterocycles. The molecular weight excluding hydrogens is 240 g/mol. The van der Waals surface area contributed by atoms with E-state index in [4.69, 9.17) is 4.74 Å². The summed E-state index contributed by atoms with van der Waals surface area (Å²) in [6.07, 6.45) is 0. The number of hydrogen-bond donors (Lipinski definition) is 0. The van der Waals surface area contributed by atoms with Crippen LogP contribution in [0.15, 0.2) is 24.3 Å². The van der Waals surface area contributed by atoms with Gasteiger partial charge >= 0.3 is 5.30 Å². The van der Waals surface area contributed by atoms with Gasteiger partial charge in [-0.1, -0.05) is 12.1 Å². The molecule has 5 heteroatoms. The number of hydrogen-bond acceptors (Lipinski definition) is 5. The van der Waals surface area contributed by atoms with Crippen molar-refractivity contribution in [3.05, 3.63) is 29.8 Å². The van der Waals surface area contributed by atoms with Gasteiger partial charge in [0, 0.05) is 0 Å². The zero-order chi connectivity index (χ0) is 12.8. The molecule has 0 bridgehead atoms. The molecule has 1 atom stereocenters. The standard InChI is InChI=1S/C12H14O4S/c1-8(13)11(17-12(14)16-3)9-4-6-10(15-2)7-5-9/h4-7,11H,1-3H3. The Morgan fingerprint density at radius 1 is 1.18 bits per heavy atom. The van der Waals surface area contributed by atoms with Crippen LogP contribution in [0.2, 0.25) is 0 Å². The summed E-state index contributed by atoms with van der Waals surface area (Å²) in [6.45, 7) is 1.45. The van der Waals surface area contributed by atoms with Crippen LogP contribution in [0, 0.1) is 0 Å². The number of thioether (sulfide) groups is 1. The third-order valence-corrected chi connectivity index (χ3v) is 3.37. The molecule has 0 aliphatic rings. The third-order valence-electron chi connectivity index (χ3n) is 2.17. The second-order valence-electron chi connectivity index (χ2n) is 3.34. The van der Waals surface area contributed by atoms with E-state index in [2.05, 4.69) is 4.74 Å². The molecule has 1 unspecified atom stereocenters. The Morgan fingerprint density at radius 3 is 2.18 bits per heavy atom. The number of carbonyl (C=O) groups excluding carboxylic acids is 2. The van der Waals surface area contributed by atoms with Crippen molar-refractivity contribution in [1.29, 1.82) is 0 Å². The molecule has 0 aliphatic heterocycles. The van der Waals surface area contributed by atoms with Gasteiger partial charge in [0.15, 0.2) is 0 Å². The van der Waals surface area contributed by atoms with Gasteiger partial charge in [-0.05, 0) is 36.4 Å². The first-order valence-corrected chi connectivity index (χ1v) is 5.85. The first-order valence-electron chi connectivity index (χ1n) is 4.97. The molecule has 4 nitrogen and oxygen atoms in total. The van der Waals surface area contributed by atoms with Crippen molar-refractivity contribution in [2.75, 3.05) is 14.2 Å². The fraction of sp³-hybridized carbons (Fsp3) is 0.333. The van der Waals surface area contributed by atoms with Gasteiger partial charge in [0.05, 0.1) is 19.5 Å². The lowest BCUT2D eigenvalue weighted by Gasteiger charge is -2.12. The molecule has 0 N–H and O–H groups in total. The summed E-state index contributed by atoms with van der Waals surface area (Å²) in [6, 6.07) is 7.04. The number of rotatable bonds is 4. The lowest BCUT2D eigenvalue weighted by atomic mass is 10.1. The van der Waals surface area contributed by atoms with Crippen LogP contribution in [0.1, 0.15) is 17.7 Å². The predicted molar refractivity (Wildman–Crippen MR) is 66.4 cm³/mol. The second-order valence-corrected chi connectivity index (χ2v) is 4.38. The van der Waals surface area contributed by atoms with E-state index in [9.17, 15) is 9.59 Å². The maximum atomic E-state index is 11.5. The molecule has 0 amide bonds. The Labute approximate surface area is 104 Å². The van der Waals surface area contributed by atoms with Gasteiger partial charge in [-0.2, -0.15) is 0 Å². The van der Waals surface area contributed by atoms with E-state index in [-0.39, 0.29) is 5.78 Å².